The molecule has 0 atom stereocenters. The van der Waals surface area contributed by atoms with Crippen molar-refractivity contribution in [3.05, 3.63) is 60.3 Å². The van der Waals surface area contributed by atoms with Gasteiger partial charge in [0, 0.05) is 6.54 Å². The number of rotatable bonds is 8. The van der Waals surface area contributed by atoms with Crippen LogP contribution in [-0.2, 0) is 12.0 Å². The highest BCUT2D eigenvalue weighted by Crippen LogP contribution is 2.36. The number of hydrogen-bond acceptors (Lipinski definition) is 4. The minimum Gasteiger partial charge on any atom is -0.338 e. The molecule has 112 valence electrons. The fourth-order valence-corrected chi connectivity index (χ4v) is 2.66. The molecule has 4 nitrogen and oxygen atoms in total. The number of benzene rings is 1. The van der Waals surface area contributed by atoms with E-state index in [-0.39, 0.29) is 5.41 Å². The van der Waals surface area contributed by atoms with E-state index in [0.29, 0.717) is 12.4 Å². The lowest BCUT2D eigenvalue weighted by molar-refractivity contribution is 0.348. The van der Waals surface area contributed by atoms with Crippen molar-refractivity contribution in [2.45, 2.75) is 38.6 Å². The summed E-state index contributed by atoms with van der Waals surface area (Å²) < 4.78 is 5.38. The topological polar surface area (TPSA) is 51.0 Å². The highest BCUT2D eigenvalue weighted by molar-refractivity contribution is 5.32. The van der Waals surface area contributed by atoms with Crippen LogP contribution in [0.1, 0.15) is 44.0 Å². The summed E-state index contributed by atoms with van der Waals surface area (Å²) in [5, 5.41) is 7.41. The average Bonchev–Trinajstić information content (AvgIpc) is 3.00. The predicted molar refractivity (Wildman–Crippen MR) is 84.0 cm³/mol. The second-order valence-electron chi connectivity index (χ2n) is 5.09. The Balaban J connectivity index is 2.28. The first-order valence-electron chi connectivity index (χ1n) is 7.47. The van der Waals surface area contributed by atoms with Gasteiger partial charge in [0.15, 0.2) is 5.82 Å². The summed E-state index contributed by atoms with van der Waals surface area (Å²) >= 11 is 0. The first-order chi connectivity index (χ1) is 10.3. The van der Waals surface area contributed by atoms with Crippen LogP contribution in [0.15, 0.2) is 47.5 Å². The van der Waals surface area contributed by atoms with E-state index in [2.05, 4.69) is 60.1 Å². The summed E-state index contributed by atoms with van der Waals surface area (Å²) in [4.78, 5) is 4.60. The van der Waals surface area contributed by atoms with E-state index >= 15 is 0 Å². The van der Waals surface area contributed by atoms with Gasteiger partial charge in [-0.25, -0.2) is 0 Å². The Morgan fingerprint density at radius 2 is 1.95 bits per heavy atom. The number of hydrogen-bond donors (Lipinski definition) is 1. The molecule has 0 spiro atoms. The van der Waals surface area contributed by atoms with Gasteiger partial charge in [-0.2, -0.15) is 4.98 Å². The Hall–Kier alpha value is -1.94. The zero-order valence-electron chi connectivity index (χ0n) is 12.8. The summed E-state index contributed by atoms with van der Waals surface area (Å²) in [6, 6.07) is 10.4. The second-order valence-corrected chi connectivity index (χ2v) is 5.09. The molecule has 0 saturated heterocycles. The maximum absolute atomic E-state index is 5.38. The number of nitrogens with one attached hydrogen (secondary N) is 1. The minimum absolute atomic E-state index is 0.179. The Bertz CT molecular complexity index is 558. The highest BCUT2D eigenvalue weighted by Gasteiger charge is 2.35. The van der Waals surface area contributed by atoms with E-state index in [4.69, 9.17) is 4.52 Å². The van der Waals surface area contributed by atoms with Crippen LogP contribution in [0.5, 0.6) is 0 Å². The molecule has 0 aliphatic rings. The molecule has 0 unspecified atom stereocenters. The highest BCUT2D eigenvalue weighted by atomic mass is 16.5. The fourth-order valence-electron chi connectivity index (χ4n) is 2.66. The molecule has 21 heavy (non-hydrogen) atoms. The van der Waals surface area contributed by atoms with Gasteiger partial charge in [-0.3, -0.25) is 0 Å². The van der Waals surface area contributed by atoms with Crippen molar-refractivity contribution < 1.29 is 4.52 Å². The predicted octanol–water partition coefficient (Wildman–Crippen LogP) is 3.45. The van der Waals surface area contributed by atoms with Crippen LogP contribution >= 0.6 is 0 Å². The molecule has 0 fully saturated rings. The van der Waals surface area contributed by atoms with Crippen molar-refractivity contribution in [1.82, 2.24) is 15.5 Å². The normalized spacial score (nSPS) is 11.5. The Morgan fingerprint density at radius 3 is 2.57 bits per heavy atom. The van der Waals surface area contributed by atoms with Gasteiger partial charge in [0.2, 0.25) is 5.89 Å². The van der Waals surface area contributed by atoms with Crippen LogP contribution in [0.3, 0.4) is 0 Å². The molecular weight excluding hydrogens is 262 g/mol. The van der Waals surface area contributed by atoms with Gasteiger partial charge in [-0.15, -0.1) is 6.58 Å². The molecule has 0 radical (unpaired) electrons. The molecule has 4 heteroatoms. The first kappa shape index (κ1) is 15.4. The van der Waals surface area contributed by atoms with Crippen molar-refractivity contribution in [2.75, 3.05) is 6.54 Å². The lowest BCUT2D eigenvalue weighted by Gasteiger charge is -2.28. The molecule has 0 amide bonds. The lowest BCUT2D eigenvalue weighted by Crippen LogP contribution is -2.27. The molecule has 0 saturated carbocycles. The molecule has 0 aliphatic carbocycles. The van der Waals surface area contributed by atoms with Crippen molar-refractivity contribution in [3.63, 3.8) is 0 Å². The summed E-state index contributed by atoms with van der Waals surface area (Å²) in [5.74, 6) is 1.39. The third-order valence-electron chi connectivity index (χ3n) is 3.99. The first-order valence-corrected chi connectivity index (χ1v) is 7.47. The maximum atomic E-state index is 5.38. The van der Waals surface area contributed by atoms with Gasteiger partial charge < -0.3 is 9.84 Å². The van der Waals surface area contributed by atoms with Crippen molar-refractivity contribution in [2.24, 2.45) is 0 Å². The van der Waals surface area contributed by atoms with E-state index in [9.17, 15) is 0 Å². The summed E-state index contributed by atoms with van der Waals surface area (Å²) in [7, 11) is 0. The van der Waals surface area contributed by atoms with Gasteiger partial charge in [0.05, 0.1) is 12.0 Å². The van der Waals surface area contributed by atoms with Gasteiger partial charge in [-0.05, 0) is 18.4 Å². The molecule has 1 heterocycles. The number of nitrogens with zero attached hydrogens (tertiary/aromatic N) is 2. The van der Waals surface area contributed by atoms with Gasteiger partial charge >= 0.3 is 0 Å². The molecule has 1 aromatic carbocycles. The van der Waals surface area contributed by atoms with Gasteiger partial charge in [0.1, 0.15) is 0 Å². The van der Waals surface area contributed by atoms with Crippen molar-refractivity contribution >= 4 is 0 Å². The molecular formula is C17H23N3O. The minimum atomic E-state index is -0.179. The Morgan fingerprint density at radius 1 is 1.24 bits per heavy atom. The zero-order chi connectivity index (χ0) is 15.1. The van der Waals surface area contributed by atoms with Crippen LogP contribution in [0.4, 0.5) is 0 Å². The summed E-state index contributed by atoms with van der Waals surface area (Å²) in [6.07, 6.45) is 3.68. The second kappa shape index (κ2) is 7.18. The largest absolute Gasteiger partial charge is 0.338 e. The third kappa shape index (κ3) is 3.22. The van der Waals surface area contributed by atoms with Crippen molar-refractivity contribution in [1.29, 1.82) is 0 Å². The van der Waals surface area contributed by atoms with Crippen LogP contribution in [-0.4, -0.2) is 16.7 Å². The Kier molecular flexibility index (Phi) is 5.28. The lowest BCUT2D eigenvalue weighted by atomic mass is 9.75. The molecule has 0 bridgehead atoms. The van der Waals surface area contributed by atoms with E-state index in [1.165, 1.54) is 5.56 Å². The molecule has 1 aromatic heterocycles. The number of aromatic nitrogens is 2. The summed E-state index contributed by atoms with van der Waals surface area (Å²) in [5.41, 5.74) is 1.06. The monoisotopic (exact) mass is 285 g/mol. The molecule has 1 N–H and O–H groups in total. The molecule has 0 aliphatic heterocycles. The smallest absolute Gasteiger partial charge is 0.240 e. The van der Waals surface area contributed by atoms with Crippen LogP contribution in [0.25, 0.3) is 0 Å². The van der Waals surface area contributed by atoms with Crippen LogP contribution in [0.2, 0.25) is 0 Å². The van der Waals surface area contributed by atoms with Crippen LogP contribution < -0.4 is 5.32 Å². The Labute approximate surface area is 126 Å². The maximum Gasteiger partial charge on any atom is 0.240 e. The SMILES string of the molecule is C=CCNCc1nc(C(CC)(CC)c2ccccc2)no1. The van der Waals surface area contributed by atoms with Crippen LogP contribution in [0, 0.1) is 0 Å². The van der Waals surface area contributed by atoms with E-state index in [1.54, 1.807) is 0 Å². The van der Waals surface area contributed by atoms with Crippen molar-refractivity contribution in [3.8, 4) is 0 Å². The average molecular weight is 285 g/mol. The van der Waals surface area contributed by atoms with E-state index in [1.807, 2.05) is 12.1 Å². The third-order valence-corrected chi connectivity index (χ3v) is 3.99. The molecule has 2 rings (SSSR count). The summed E-state index contributed by atoms with van der Waals surface area (Å²) in [6.45, 7) is 9.30. The van der Waals surface area contributed by atoms with E-state index < -0.39 is 0 Å². The fraction of sp³-hybridized carbons (Fsp3) is 0.412. The van der Waals surface area contributed by atoms with Gasteiger partial charge in [-0.1, -0.05) is 55.4 Å². The molecule has 2 aromatic rings. The van der Waals surface area contributed by atoms with Gasteiger partial charge in [0.25, 0.3) is 0 Å². The van der Waals surface area contributed by atoms with E-state index in [0.717, 1.165) is 25.2 Å². The standard InChI is InChI=1S/C17H23N3O/c1-4-12-18-13-15-19-16(20-21-15)17(5-2,6-3)14-10-8-7-9-11-14/h4,7-11,18H,1,5-6,12-13H2,2-3H3. The quantitative estimate of drug-likeness (QED) is 0.596. The zero-order valence-corrected chi connectivity index (χ0v) is 12.8.